The molecule has 9 N–H and O–H groups in total. The maximum absolute atomic E-state index is 7.90. The van der Waals surface area contributed by atoms with Crippen molar-refractivity contribution in [1.82, 2.24) is 10.7 Å². The van der Waals surface area contributed by atoms with Gasteiger partial charge in [0, 0.05) is 26.1 Å². The number of amidine groups is 2. The molecule has 25 heavy (non-hydrogen) atoms. The average Bonchev–Trinajstić information content (AvgIpc) is 2.58. The summed E-state index contributed by atoms with van der Waals surface area (Å²) in [5.41, 5.74) is 13.2. The lowest BCUT2D eigenvalue weighted by atomic mass is 10.1. The van der Waals surface area contributed by atoms with E-state index in [9.17, 15) is 0 Å². The van der Waals surface area contributed by atoms with Gasteiger partial charge in [0.25, 0.3) is 0 Å². The third-order valence-electron chi connectivity index (χ3n) is 3.80. The lowest BCUT2D eigenvalue weighted by Gasteiger charge is -2.08. The van der Waals surface area contributed by atoms with E-state index in [1.807, 2.05) is 6.92 Å². The number of nitrogens with two attached hydrogens (primary N) is 3. The molecule has 0 unspecified atom stereocenters. The molecule has 0 aliphatic heterocycles. The molecular weight excluding hydrogens is 316 g/mol. The number of rotatable bonds is 15. The standard InChI is InChI=1S/C17H38N8/c1-15(18)22-12-8-4-2-3-7-11-16(19)23-13-9-5-6-10-14-24-17(20)25-21/h2-14,21H2,1H3,(H2,18,22)(H2,19,23)(H3,20,24,25). The highest BCUT2D eigenvalue weighted by molar-refractivity contribution is 5.78. The Balaban J connectivity index is 3.30. The van der Waals surface area contributed by atoms with Crippen LogP contribution >= 0.6 is 0 Å². The van der Waals surface area contributed by atoms with Crippen LogP contribution in [0, 0.1) is 5.41 Å². The molecular formula is C17H38N8. The number of unbranched alkanes of at least 4 members (excludes halogenated alkanes) is 7. The minimum Gasteiger partial charge on any atom is -0.388 e. The summed E-state index contributed by atoms with van der Waals surface area (Å²) in [7, 11) is 0. The summed E-state index contributed by atoms with van der Waals surface area (Å²) in [4.78, 5) is 8.24. The molecule has 0 rings (SSSR count). The Bertz CT molecular complexity index is 388. The van der Waals surface area contributed by atoms with Crippen LogP contribution in [0.1, 0.15) is 71.1 Å². The van der Waals surface area contributed by atoms with E-state index in [1.165, 1.54) is 19.3 Å². The Morgan fingerprint density at radius 1 is 0.840 bits per heavy atom. The van der Waals surface area contributed by atoms with Crippen molar-refractivity contribution in [3.05, 3.63) is 0 Å². The van der Waals surface area contributed by atoms with Gasteiger partial charge < -0.3 is 16.8 Å². The lowest BCUT2D eigenvalue weighted by Crippen LogP contribution is -2.37. The molecule has 0 saturated carbocycles. The van der Waals surface area contributed by atoms with E-state index in [-0.39, 0.29) is 5.96 Å². The number of nitrogens with one attached hydrogen (secondary N) is 3. The molecule has 0 spiro atoms. The SMILES string of the molecule is CC(N)=NCCCCCCCC(=N)NCCCCCCN=C(N)NN. The summed E-state index contributed by atoms with van der Waals surface area (Å²) < 4.78 is 0. The number of guanidine groups is 1. The fourth-order valence-corrected chi connectivity index (χ4v) is 2.36. The maximum atomic E-state index is 7.90. The van der Waals surface area contributed by atoms with Crippen molar-refractivity contribution < 1.29 is 0 Å². The molecule has 0 aliphatic carbocycles. The zero-order valence-corrected chi connectivity index (χ0v) is 15.8. The minimum atomic E-state index is 0.286. The summed E-state index contributed by atoms with van der Waals surface area (Å²) in [5, 5.41) is 11.1. The van der Waals surface area contributed by atoms with Crippen LogP contribution in [0.4, 0.5) is 0 Å². The largest absolute Gasteiger partial charge is 0.388 e. The van der Waals surface area contributed by atoms with E-state index in [0.29, 0.717) is 18.2 Å². The van der Waals surface area contributed by atoms with Gasteiger partial charge in [-0.1, -0.05) is 32.1 Å². The van der Waals surface area contributed by atoms with Crippen LogP contribution in [0.15, 0.2) is 9.98 Å². The van der Waals surface area contributed by atoms with Crippen molar-refractivity contribution in [3.63, 3.8) is 0 Å². The first-order chi connectivity index (χ1) is 12.1. The van der Waals surface area contributed by atoms with Crippen molar-refractivity contribution in [2.45, 2.75) is 71.1 Å². The van der Waals surface area contributed by atoms with Crippen LogP contribution in [0.3, 0.4) is 0 Å². The van der Waals surface area contributed by atoms with Gasteiger partial charge in [-0.05, 0) is 32.6 Å². The van der Waals surface area contributed by atoms with Crippen molar-refractivity contribution >= 4 is 17.6 Å². The van der Waals surface area contributed by atoms with Crippen molar-refractivity contribution in [2.75, 3.05) is 19.6 Å². The fraction of sp³-hybridized carbons (Fsp3) is 0.824. The Morgan fingerprint density at radius 3 is 2.04 bits per heavy atom. The number of hydrogen-bond donors (Lipinski definition) is 6. The first-order valence-electron chi connectivity index (χ1n) is 9.40. The molecule has 8 heteroatoms. The third-order valence-corrected chi connectivity index (χ3v) is 3.80. The van der Waals surface area contributed by atoms with Gasteiger partial charge in [0.2, 0.25) is 5.96 Å². The van der Waals surface area contributed by atoms with E-state index in [0.717, 1.165) is 58.0 Å². The van der Waals surface area contributed by atoms with Crippen LogP contribution in [0.2, 0.25) is 0 Å². The Kier molecular flexibility index (Phi) is 15.8. The highest BCUT2D eigenvalue weighted by Gasteiger charge is 1.97. The zero-order chi connectivity index (χ0) is 18.8. The van der Waals surface area contributed by atoms with Gasteiger partial charge in [-0.15, -0.1) is 0 Å². The first kappa shape index (κ1) is 23.2. The highest BCUT2D eigenvalue weighted by Crippen LogP contribution is 2.06. The second-order valence-electron chi connectivity index (χ2n) is 6.27. The van der Waals surface area contributed by atoms with Crippen molar-refractivity contribution in [1.29, 1.82) is 5.41 Å². The van der Waals surface area contributed by atoms with Crippen molar-refractivity contribution in [3.8, 4) is 0 Å². The zero-order valence-electron chi connectivity index (χ0n) is 15.8. The Morgan fingerprint density at radius 2 is 1.40 bits per heavy atom. The monoisotopic (exact) mass is 354 g/mol. The summed E-state index contributed by atoms with van der Waals surface area (Å²) in [6.45, 7) is 4.25. The molecule has 0 fully saturated rings. The predicted molar refractivity (Wildman–Crippen MR) is 108 cm³/mol. The molecule has 0 saturated heterocycles. The van der Waals surface area contributed by atoms with Gasteiger partial charge in [-0.25, -0.2) is 5.84 Å². The number of hydrogen-bond acceptors (Lipinski definition) is 4. The van der Waals surface area contributed by atoms with Gasteiger partial charge >= 0.3 is 0 Å². The number of nitrogens with zero attached hydrogens (tertiary/aromatic N) is 2. The van der Waals surface area contributed by atoms with Gasteiger partial charge in [0.05, 0.1) is 11.7 Å². The normalized spacial score (nSPS) is 12.2. The van der Waals surface area contributed by atoms with Crippen LogP contribution in [0.25, 0.3) is 0 Å². The fourth-order valence-electron chi connectivity index (χ4n) is 2.36. The van der Waals surface area contributed by atoms with E-state index in [1.54, 1.807) is 0 Å². The molecule has 0 radical (unpaired) electrons. The van der Waals surface area contributed by atoms with Crippen LogP contribution < -0.4 is 28.1 Å². The molecule has 0 aromatic rings. The molecule has 0 heterocycles. The van der Waals surface area contributed by atoms with E-state index < -0.39 is 0 Å². The quantitative estimate of drug-likeness (QED) is 0.0868. The molecule has 8 nitrogen and oxygen atoms in total. The van der Waals surface area contributed by atoms with E-state index in [2.05, 4.69) is 20.7 Å². The summed E-state index contributed by atoms with van der Waals surface area (Å²) in [6, 6.07) is 0. The summed E-state index contributed by atoms with van der Waals surface area (Å²) in [6.07, 6.45) is 10.9. The minimum absolute atomic E-state index is 0.286. The maximum Gasteiger partial charge on any atom is 0.203 e. The van der Waals surface area contributed by atoms with Crippen LogP contribution in [-0.4, -0.2) is 37.3 Å². The molecule has 0 aromatic carbocycles. The molecule has 0 aromatic heterocycles. The summed E-state index contributed by atoms with van der Waals surface area (Å²) in [5.74, 6) is 6.73. The van der Waals surface area contributed by atoms with Gasteiger partial charge in [-0.3, -0.25) is 20.8 Å². The Labute approximate surface area is 152 Å². The van der Waals surface area contributed by atoms with Crippen molar-refractivity contribution in [2.24, 2.45) is 27.3 Å². The summed E-state index contributed by atoms with van der Waals surface area (Å²) >= 11 is 0. The van der Waals surface area contributed by atoms with E-state index >= 15 is 0 Å². The highest BCUT2D eigenvalue weighted by atomic mass is 15.3. The van der Waals surface area contributed by atoms with Crippen LogP contribution in [0.5, 0.6) is 0 Å². The van der Waals surface area contributed by atoms with E-state index in [4.69, 9.17) is 22.7 Å². The van der Waals surface area contributed by atoms with Gasteiger partial charge in [0.15, 0.2) is 0 Å². The predicted octanol–water partition coefficient (Wildman–Crippen LogP) is 1.61. The second-order valence-corrected chi connectivity index (χ2v) is 6.27. The smallest absolute Gasteiger partial charge is 0.203 e. The van der Waals surface area contributed by atoms with Crippen LogP contribution in [-0.2, 0) is 0 Å². The molecule has 0 aliphatic rings. The first-order valence-corrected chi connectivity index (χ1v) is 9.40. The number of aliphatic imine (C=N–C) groups is 2. The lowest BCUT2D eigenvalue weighted by molar-refractivity contribution is 0.615. The second kappa shape index (κ2) is 17.0. The number of hydrazine groups is 1. The van der Waals surface area contributed by atoms with Gasteiger partial charge in [0.1, 0.15) is 0 Å². The molecule has 0 amide bonds. The third kappa shape index (κ3) is 18.4. The average molecular weight is 355 g/mol. The molecule has 146 valence electrons. The van der Waals surface area contributed by atoms with Gasteiger partial charge in [-0.2, -0.15) is 0 Å². The molecule has 0 atom stereocenters. The topological polar surface area (TPSA) is 151 Å². The Hall–Kier alpha value is -1.83. The molecule has 0 bridgehead atoms.